The molecule has 4 heteroatoms. The molecule has 2 rings (SSSR count). The molecular weight excluding hydrogens is 240 g/mol. The maximum absolute atomic E-state index is 10.3. The monoisotopic (exact) mass is 256 g/mol. The van der Waals surface area contributed by atoms with Crippen molar-refractivity contribution in [1.29, 1.82) is 0 Å². The second kappa shape index (κ2) is 6.58. The topological polar surface area (TPSA) is 35.9 Å². The molecule has 0 amide bonds. The molecule has 0 aliphatic carbocycles. The van der Waals surface area contributed by atoms with E-state index < -0.39 is 0 Å². The fourth-order valence-corrected chi connectivity index (χ4v) is 1.58. The minimum Gasteiger partial charge on any atom is -0.267 e. The Bertz CT molecular complexity index is 502. The molecular formula is C15H16N2O2. The molecule has 98 valence electrons. The second-order valence-electron chi connectivity index (χ2n) is 3.82. The summed E-state index contributed by atoms with van der Waals surface area (Å²) in [5.41, 5.74) is 1.33. The SMILES string of the molecule is C=CCON(c1ccccc1)N(O)c1ccccc1. The Morgan fingerprint density at radius 1 is 0.947 bits per heavy atom. The highest BCUT2D eigenvalue weighted by atomic mass is 16.8. The Morgan fingerprint density at radius 3 is 2.00 bits per heavy atom. The summed E-state index contributed by atoms with van der Waals surface area (Å²) in [6.45, 7) is 3.90. The zero-order valence-electron chi connectivity index (χ0n) is 10.5. The highest BCUT2D eigenvalue weighted by Gasteiger charge is 2.15. The molecule has 0 aliphatic heterocycles. The normalized spacial score (nSPS) is 9.95. The molecule has 0 saturated carbocycles. The van der Waals surface area contributed by atoms with E-state index in [1.54, 1.807) is 18.2 Å². The average molecular weight is 256 g/mol. The predicted molar refractivity (Wildman–Crippen MR) is 75.8 cm³/mol. The molecule has 4 nitrogen and oxygen atoms in total. The van der Waals surface area contributed by atoms with E-state index in [9.17, 15) is 5.21 Å². The number of anilines is 2. The molecule has 0 radical (unpaired) electrons. The molecule has 0 aromatic heterocycles. The van der Waals surface area contributed by atoms with Gasteiger partial charge in [-0.25, -0.2) is 4.84 Å². The highest BCUT2D eigenvalue weighted by molar-refractivity contribution is 5.53. The summed E-state index contributed by atoms with van der Waals surface area (Å²) in [5, 5.41) is 12.5. The maximum Gasteiger partial charge on any atom is 0.0950 e. The fraction of sp³-hybridized carbons (Fsp3) is 0.0667. The van der Waals surface area contributed by atoms with Crippen LogP contribution >= 0.6 is 0 Å². The van der Waals surface area contributed by atoms with Crippen molar-refractivity contribution < 1.29 is 10.0 Å². The summed E-state index contributed by atoms with van der Waals surface area (Å²) in [6, 6.07) is 18.5. The van der Waals surface area contributed by atoms with Gasteiger partial charge in [0.05, 0.1) is 18.0 Å². The lowest BCUT2D eigenvalue weighted by atomic mass is 10.3. The molecule has 1 N–H and O–H groups in total. The lowest BCUT2D eigenvalue weighted by molar-refractivity contribution is 0.0569. The second-order valence-corrected chi connectivity index (χ2v) is 3.82. The van der Waals surface area contributed by atoms with Gasteiger partial charge in [0.25, 0.3) is 0 Å². The summed E-state index contributed by atoms with van der Waals surface area (Å²) in [7, 11) is 0. The van der Waals surface area contributed by atoms with Gasteiger partial charge in [-0.15, -0.1) is 16.9 Å². The van der Waals surface area contributed by atoms with Gasteiger partial charge < -0.3 is 0 Å². The number of hydrogen-bond donors (Lipinski definition) is 1. The van der Waals surface area contributed by atoms with E-state index in [0.29, 0.717) is 12.3 Å². The first kappa shape index (κ1) is 13.1. The van der Waals surface area contributed by atoms with Gasteiger partial charge in [-0.1, -0.05) is 42.5 Å². The van der Waals surface area contributed by atoms with Crippen molar-refractivity contribution in [2.24, 2.45) is 0 Å². The molecule has 19 heavy (non-hydrogen) atoms. The van der Waals surface area contributed by atoms with Gasteiger partial charge >= 0.3 is 0 Å². The molecule has 0 atom stereocenters. The van der Waals surface area contributed by atoms with Crippen LogP contribution in [0.2, 0.25) is 0 Å². The van der Waals surface area contributed by atoms with Crippen LogP contribution in [0.1, 0.15) is 0 Å². The van der Waals surface area contributed by atoms with Gasteiger partial charge in [-0.2, -0.15) is 0 Å². The molecule has 0 saturated heterocycles. The van der Waals surface area contributed by atoms with Crippen LogP contribution in [0.4, 0.5) is 11.4 Å². The zero-order chi connectivity index (χ0) is 13.5. The van der Waals surface area contributed by atoms with Gasteiger partial charge in [0, 0.05) is 0 Å². The Balaban J connectivity index is 2.25. The third-order valence-electron chi connectivity index (χ3n) is 2.45. The zero-order valence-corrected chi connectivity index (χ0v) is 10.5. The minimum absolute atomic E-state index is 0.290. The Labute approximate surface area is 112 Å². The van der Waals surface area contributed by atoms with Crippen molar-refractivity contribution in [2.75, 3.05) is 17.0 Å². The van der Waals surface area contributed by atoms with E-state index in [4.69, 9.17) is 4.84 Å². The third kappa shape index (κ3) is 3.34. The first-order valence-corrected chi connectivity index (χ1v) is 5.96. The summed E-state index contributed by atoms with van der Waals surface area (Å²) in [5.74, 6) is 0. The van der Waals surface area contributed by atoms with Crippen LogP contribution in [0.15, 0.2) is 73.3 Å². The number of para-hydroxylation sites is 2. The van der Waals surface area contributed by atoms with E-state index in [-0.39, 0.29) is 0 Å². The van der Waals surface area contributed by atoms with E-state index in [0.717, 1.165) is 10.9 Å². The number of hydrogen-bond acceptors (Lipinski definition) is 4. The van der Waals surface area contributed by atoms with Crippen LogP contribution in [0, 0.1) is 0 Å². The van der Waals surface area contributed by atoms with Crippen molar-refractivity contribution in [1.82, 2.24) is 0 Å². The molecule has 2 aromatic carbocycles. The van der Waals surface area contributed by atoms with Crippen molar-refractivity contribution in [3.63, 3.8) is 0 Å². The largest absolute Gasteiger partial charge is 0.267 e. The quantitative estimate of drug-likeness (QED) is 0.634. The number of hydrazine groups is 1. The van der Waals surface area contributed by atoms with Crippen molar-refractivity contribution in [3.05, 3.63) is 73.3 Å². The lowest BCUT2D eigenvalue weighted by Gasteiger charge is -2.30. The van der Waals surface area contributed by atoms with Crippen molar-refractivity contribution >= 4 is 11.4 Å². The van der Waals surface area contributed by atoms with Gasteiger partial charge in [0.2, 0.25) is 0 Å². The van der Waals surface area contributed by atoms with Crippen LogP contribution in [0.3, 0.4) is 0 Å². The average Bonchev–Trinajstić information content (AvgIpc) is 2.49. The maximum atomic E-state index is 10.3. The molecule has 2 aromatic rings. The van der Waals surface area contributed by atoms with Crippen LogP contribution in [-0.4, -0.2) is 11.8 Å². The molecule has 0 heterocycles. The molecule has 0 bridgehead atoms. The summed E-state index contributed by atoms with van der Waals surface area (Å²) >= 11 is 0. The Kier molecular flexibility index (Phi) is 4.55. The predicted octanol–water partition coefficient (Wildman–Crippen LogP) is 3.42. The molecule has 0 unspecified atom stereocenters. The van der Waals surface area contributed by atoms with Gasteiger partial charge in [-0.3, -0.25) is 5.21 Å². The van der Waals surface area contributed by atoms with E-state index in [2.05, 4.69) is 6.58 Å². The van der Waals surface area contributed by atoms with Gasteiger partial charge in [0.15, 0.2) is 0 Å². The number of nitrogens with zero attached hydrogens (tertiary/aromatic N) is 2. The summed E-state index contributed by atoms with van der Waals surface area (Å²) in [6.07, 6.45) is 1.62. The Hall–Kier alpha value is -2.30. The van der Waals surface area contributed by atoms with Gasteiger partial charge in [-0.05, 0) is 24.3 Å². The van der Waals surface area contributed by atoms with Crippen LogP contribution < -0.4 is 10.3 Å². The molecule has 0 spiro atoms. The first-order valence-electron chi connectivity index (χ1n) is 5.96. The molecule has 0 aliphatic rings. The standard InChI is InChI=1S/C15H16N2O2/c1-2-13-19-17(15-11-7-4-8-12-15)16(18)14-9-5-3-6-10-14/h2-12,18H,1,13H2. The van der Waals surface area contributed by atoms with E-state index >= 15 is 0 Å². The van der Waals surface area contributed by atoms with Crippen LogP contribution in [-0.2, 0) is 4.84 Å². The fourth-order valence-electron chi connectivity index (χ4n) is 1.58. The number of rotatable bonds is 6. The van der Waals surface area contributed by atoms with Crippen molar-refractivity contribution in [3.8, 4) is 0 Å². The van der Waals surface area contributed by atoms with Crippen LogP contribution in [0.5, 0.6) is 0 Å². The third-order valence-corrected chi connectivity index (χ3v) is 2.45. The van der Waals surface area contributed by atoms with Crippen LogP contribution in [0.25, 0.3) is 0 Å². The van der Waals surface area contributed by atoms with E-state index in [1.807, 2.05) is 48.5 Å². The lowest BCUT2D eigenvalue weighted by Crippen LogP contribution is -2.40. The number of benzene rings is 2. The highest BCUT2D eigenvalue weighted by Crippen LogP contribution is 2.21. The summed E-state index contributed by atoms with van der Waals surface area (Å²) < 4.78 is 0. The molecule has 0 fully saturated rings. The first-order chi connectivity index (χ1) is 9.33. The van der Waals surface area contributed by atoms with Gasteiger partial charge in [0.1, 0.15) is 0 Å². The van der Waals surface area contributed by atoms with E-state index in [1.165, 1.54) is 5.17 Å². The van der Waals surface area contributed by atoms with Crippen molar-refractivity contribution in [2.45, 2.75) is 0 Å². The minimum atomic E-state index is 0.290. The summed E-state index contributed by atoms with van der Waals surface area (Å²) in [4.78, 5) is 5.48. The Morgan fingerprint density at radius 2 is 1.47 bits per heavy atom. The smallest absolute Gasteiger partial charge is 0.0950 e.